The number of amides is 1. The molecule has 1 fully saturated rings. The number of benzene rings is 1. The van der Waals surface area contributed by atoms with Crippen LogP contribution in [0.15, 0.2) is 18.2 Å². The summed E-state index contributed by atoms with van der Waals surface area (Å²) in [5.41, 5.74) is 6.71. The van der Waals surface area contributed by atoms with E-state index in [0.29, 0.717) is 0 Å². The van der Waals surface area contributed by atoms with E-state index < -0.39 is 11.9 Å². The van der Waals surface area contributed by atoms with E-state index >= 15 is 0 Å². The van der Waals surface area contributed by atoms with Gasteiger partial charge in [0.25, 0.3) is 0 Å². The third-order valence-electron chi connectivity index (χ3n) is 4.28. The first-order valence-electron chi connectivity index (χ1n) is 7.52. The lowest BCUT2D eigenvalue weighted by molar-refractivity contribution is -0.124. The Kier molecular flexibility index (Phi) is 5.42. The highest BCUT2D eigenvalue weighted by molar-refractivity contribution is 6.30. The van der Waals surface area contributed by atoms with Crippen molar-refractivity contribution < 1.29 is 9.18 Å². The standard InChI is InChI=1S/C16H23ClFN3O/c1-9(2)14(19)16(22)20-13-6-7-21(3)15(13)10-4-5-11(17)12(18)8-10/h4-5,8-9,13-15H,6-7,19H2,1-3H3,(H,20,22)/t13?,14-,15?/m0/s1. The molecule has 2 rings (SSSR count). The van der Waals surface area contributed by atoms with Gasteiger partial charge in [-0.2, -0.15) is 0 Å². The molecule has 4 nitrogen and oxygen atoms in total. The van der Waals surface area contributed by atoms with Gasteiger partial charge >= 0.3 is 0 Å². The summed E-state index contributed by atoms with van der Waals surface area (Å²) in [6.07, 6.45) is 0.808. The Morgan fingerprint density at radius 3 is 2.77 bits per heavy atom. The molecular formula is C16H23ClFN3O. The largest absolute Gasteiger partial charge is 0.350 e. The van der Waals surface area contributed by atoms with Crippen molar-refractivity contribution >= 4 is 17.5 Å². The average Bonchev–Trinajstić information content (AvgIpc) is 2.81. The van der Waals surface area contributed by atoms with E-state index in [1.54, 1.807) is 12.1 Å². The maximum atomic E-state index is 13.7. The molecule has 1 aromatic rings. The minimum Gasteiger partial charge on any atom is -0.350 e. The topological polar surface area (TPSA) is 58.4 Å². The number of nitrogens with one attached hydrogen (secondary N) is 1. The molecule has 0 aliphatic carbocycles. The lowest BCUT2D eigenvalue weighted by atomic mass is 9.98. The zero-order valence-corrected chi connectivity index (χ0v) is 13.9. The van der Waals surface area contributed by atoms with Crippen LogP contribution in [0.1, 0.15) is 31.9 Å². The first-order valence-corrected chi connectivity index (χ1v) is 7.90. The molecular weight excluding hydrogens is 305 g/mol. The number of likely N-dealkylation sites (tertiary alicyclic amines) is 1. The maximum Gasteiger partial charge on any atom is 0.237 e. The highest BCUT2D eigenvalue weighted by atomic mass is 35.5. The molecule has 0 spiro atoms. The van der Waals surface area contributed by atoms with Crippen molar-refractivity contribution in [3.63, 3.8) is 0 Å². The number of carbonyl (C=O) groups excluding carboxylic acids is 1. The van der Waals surface area contributed by atoms with Gasteiger partial charge in [-0.3, -0.25) is 9.69 Å². The molecule has 122 valence electrons. The smallest absolute Gasteiger partial charge is 0.237 e. The zero-order chi connectivity index (χ0) is 16.4. The molecule has 1 aliphatic rings. The summed E-state index contributed by atoms with van der Waals surface area (Å²) >= 11 is 5.75. The van der Waals surface area contributed by atoms with Gasteiger partial charge in [0, 0.05) is 12.6 Å². The van der Waals surface area contributed by atoms with Crippen LogP contribution in [0.3, 0.4) is 0 Å². The van der Waals surface area contributed by atoms with Crippen molar-refractivity contribution in [1.82, 2.24) is 10.2 Å². The first-order chi connectivity index (χ1) is 10.3. The van der Waals surface area contributed by atoms with Crippen LogP contribution in [0.2, 0.25) is 5.02 Å². The molecule has 2 unspecified atom stereocenters. The van der Waals surface area contributed by atoms with Gasteiger partial charge in [0.2, 0.25) is 5.91 Å². The highest BCUT2D eigenvalue weighted by Crippen LogP contribution is 2.32. The number of hydrogen-bond acceptors (Lipinski definition) is 3. The van der Waals surface area contributed by atoms with Gasteiger partial charge in [0.15, 0.2) is 0 Å². The van der Waals surface area contributed by atoms with E-state index in [9.17, 15) is 9.18 Å². The number of hydrogen-bond donors (Lipinski definition) is 2. The molecule has 0 aromatic heterocycles. The van der Waals surface area contributed by atoms with Crippen molar-refractivity contribution in [2.24, 2.45) is 11.7 Å². The van der Waals surface area contributed by atoms with Crippen LogP contribution in [0.4, 0.5) is 4.39 Å². The fraction of sp³-hybridized carbons (Fsp3) is 0.562. The summed E-state index contributed by atoms with van der Waals surface area (Å²) in [5, 5.41) is 3.12. The number of nitrogens with zero attached hydrogens (tertiary/aromatic N) is 1. The summed E-state index contributed by atoms with van der Waals surface area (Å²) < 4.78 is 13.7. The van der Waals surface area contributed by atoms with E-state index in [1.165, 1.54) is 6.07 Å². The number of halogens is 2. The van der Waals surface area contributed by atoms with Crippen LogP contribution in [-0.4, -0.2) is 36.5 Å². The minimum absolute atomic E-state index is 0.0740. The fourth-order valence-corrected chi connectivity index (χ4v) is 2.98. The Morgan fingerprint density at radius 1 is 1.50 bits per heavy atom. The monoisotopic (exact) mass is 327 g/mol. The highest BCUT2D eigenvalue weighted by Gasteiger charge is 2.35. The van der Waals surface area contributed by atoms with Gasteiger partial charge in [-0.05, 0) is 37.1 Å². The average molecular weight is 328 g/mol. The fourth-order valence-electron chi connectivity index (χ4n) is 2.86. The normalized spacial score (nSPS) is 23.8. The molecule has 1 saturated heterocycles. The summed E-state index contributed by atoms with van der Waals surface area (Å²) in [7, 11) is 1.96. The van der Waals surface area contributed by atoms with Crippen LogP contribution in [0.5, 0.6) is 0 Å². The van der Waals surface area contributed by atoms with Crippen molar-refractivity contribution in [3.05, 3.63) is 34.6 Å². The van der Waals surface area contributed by atoms with Crippen molar-refractivity contribution in [3.8, 4) is 0 Å². The zero-order valence-electron chi connectivity index (χ0n) is 13.1. The third-order valence-corrected chi connectivity index (χ3v) is 4.59. The Hall–Kier alpha value is -1.17. The van der Waals surface area contributed by atoms with Gasteiger partial charge < -0.3 is 11.1 Å². The molecule has 3 N–H and O–H groups in total. The third kappa shape index (κ3) is 3.59. The number of carbonyl (C=O) groups is 1. The van der Waals surface area contributed by atoms with E-state index in [0.717, 1.165) is 18.5 Å². The molecule has 0 radical (unpaired) electrons. The van der Waals surface area contributed by atoms with Crippen molar-refractivity contribution in [2.75, 3.05) is 13.6 Å². The van der Waals surface area contributed by atoms with E-state index in [2.05, 4.69) is 10.2 Å². The molecule has 0 saturated carbocycles. The van der Waals surface area contributed by atoms with Crippen molar-refractivity contribution in [2.45, 2.75) is 38.4 Å². The minimum atomic E-state index is -0.534. The Bertz CT molecular complexity index is 552. The molecule has 1 aromatic carbocycles. The summed E-state index contributed by atoms with van der Waals surface area (Å²) in [6, 6.07) is 4.11. The molecule has 1 amide bonds. The van der Waals surface area contributed by atoms with Gasteiger partial charge in [0.1, 0.15) is 5.82 Å². The number of nitrogens with two attached hydrogens (primary N) is 1. The second-order valence-corrected chi connectivity index (χ2v) is 6.68. The van der Waals surface area contributed by atoms with E-state index in [-0.39, 0.29) is 28.9 Å². The molecule has 22 heavy (non-hydrogen) atoms. The van der Waals surface area contributed by atoms with Gasteiger partial charge in [-0.1, -0.05) is 31.5 Å². The number of rotatable bonds is 4. The van der Waals surface area contributed by atoms with E-state index in [4.69, 9.17) is 17.3 Å². The Labute approximate surface area is 135 Å². The summed E-state index contributed by atoms with van der Waals surface area (Å²) in [6.45, 7) is 4.66. The lowest BCUT2D eigenvalue weighted by Gasteiger charge is -2.27. The summed E-state index contributed by atoms with van der Waals surface area (Å²) in [4.78, 5) is 14.3. The van der Waals surface area contributed by atoms with Gasteiger partial charge in [-0.25, -0.2) is 4.39 Å². The van der Waals surface area contributed by atoms with Crippen LogP contribution in [0.25, 0.3) is 0 Å². The second kappa shape index (κ2) is 6.94. The SMILES string of the molecule is CC(C)[C@H](N)C(=O)NC1CCN(C)C1c1ccc(Cl)c(F)c1. The lowest BCUT2D eigenvalue weighted by Crippen LogP contribution is -2.49. The molecule has 6 heteroatoms. The maximum absolute atomic E-state index is 13.7. The Morgan fingerprint density at radius 2 is 2.18 bits per heavy atom. The first kappa shape index (κ1) is 17.2. The molecule has 1 aliphatic heterocycles. The van der Waals surface area contributed by atoms with Gasteiger partial charge in [0.05, 0.1) is 17.1 Å². The van der Waals surface area contributed by atoms with Crippen LogP contribution in [0, 0.1) is 11.7 Å². The summed E-state index contributed by atoms with van der Waals surface area (Å²) in [5.74, 6) is -0.524. The van der Waals surface area contributed by atoms with E-state index in [1.807, 2.05) is 20.9 Å². The predicted molar refractivity (Wildman–Crippen MR) is 86.1 cm³/mol. The quantitative estimate of drug-likeness (QED) is 0.892. The predicted octanol–water partition coefficient (Wildman–Crippen LogP) is 2.32. The molecule has 1 heterocycles. The van der Waals surface area contributed by atoms with Crippen molar-refractivity contribution in [1.29, 1.82) is 0 Å². The van der Waals surface area contributed by atoms with Crippen LogP contribution < -0.4 is 11.1 Å². The van der Waals surface area contributed by atoms with Crippen LogP contribution in [-0.2, 0) is 4.79 Å². The second-order valence-electron chi connectivity index (χ2n) is 6.27. The molecule has 3 atom stereocenters. The van der Waals surface area contributed by atoms with Crippen LogP contribution >= 0.6 is 11.6 Å². The molecule has 0 bridgehead atoms. The Balaban J connectivity index is 2.17. The van der Waals surface area contributed by atoms with Gasteiger partial charge in [-0.15, -0.1) is 0 Å². The number of likely N-dealkylation sites (N-methyl/N-ethyl adjacent to an activating group) is 1.